The van der Waals surface area contributed by atoms with E-state index in [1.165, 1.54) is 43.4 Å². The van der Waals surface area contributed by atoms with Crippen molar-refractivity contribution in [1.29, 1.82) is 0 Å². The van der Waals surface area contributed by atoms with Gasteiger partial charge in [-0.25, -0.2) is 0 Å². The van der Waals surface area contributed by atoms with Crippen LogP contribution in [0.5, 0.6) is 11.5 Å². The van der Waals surface area contributed by atoms with Gasteiger partial charge in [-0.05, 0) is 67.7 Å². The summed E-state index contributed by atoms with van der Waals surface area (Å²) in [5, 5.41) is 7.90. The Balaban J connectivity index is 0.000000126. The highest BCUT2D eigenvalue weighted by atomic mass is 16.5. The van der Waals surface area contributed by atoms with Crippen molar-refractivity contribution in [2.24, 2.45) is 0 Å². The van der Waals surface area contributed by atoms with E-state index in [1.54, 1.807) is 0 Å². The zero-order valence-corrected chi connectivity index (χ0v) is 17.7. The Morgan fingerprint density at radius 2 is 0.938 bits per heavy atom. The van der Waals surface area contributed by atoms with Crippen molar-refractivity contribution in [1.82, 2.24) is 0 Å². The van der Waals surface area contributed by atoms with E-state index >= 15 is 0 Å². The largest absolute Gasteiger partial charge is 0.457 e. The monoisotopic (exact) mass is 410 g/mol. The predicted octanol–water partition coefficient (Wildman–Crippen LogP) is 8.53. The summed E-state index contributed by atoms with van der Waals surface area (Å²) in [6.07, 6.45) is 0.979. The highest BCUT2D eigenvalue weighted by molar-refractivity contribution is 6.11. The summed E-state index contributed by atoms with van der Waals surface area (Å²) in [5.41, 5.74) is 2.54. The second-order valence-corrected chi connectivity index (χ2v) is 8.20. The first-order chi connectivity index (χ1) is 15.8. The van der Waals surface area contributed by atoms with Gasteiger partial charge in [0.1, 0.15) is 11.5 Å². The lowest BCUT2D eigenvalue weighted by molar-refractivity contribution is 0.460. The normalized spacial score (nSPS) is 11.9. The number of hydrogen-bond acceptors (Lipinski definition) is 1. The molecule has 0 saturated carbocycles. The van der Waals surface area contributed by atoms with Gasteiger partial charge in [0, 0.05) is 6.42 Å². The van der Waals surface area contributed by atoms with E-state index in [0.717, 1.165) is 17.9 Å². The number of rotatable bonds is 0. The topological polar surface area (TPSA) is 9.23 Å². The molecule has 0 aliphatic carbocycles. The van der Waals surface area contributed by atoms with Crippen LogP contribution in [0.1, 0.15) is 11.1 Å². The zero-order chi connectivity index (χ0) is 21.3. The Kier molecular flexibility index (Phi) is 4.58. The number of para-hydroxylation sites is 2. The fourth-order valence-electron chi connectivity index (χ4n) is 4.52. The van der Waals surface area contributed by atoms with Crippen LogP contribution in [0.4, 0.5) is 0 Å². The maximum Gasteiger partial charge on any atom is 0.130 e. The molecule has 0 aromatic heterocycles. The molecule has 1 aliphatic heterocycles. The van der Waals surface area contributed by atoms with Crippen LogP contribution in [0, 0.1) is 0 Å². The van der Waals surface area contributed by atoms with Crippen molar-refractivity contribution in [3.63, 3.8) is 0 Å². The molecule has 6 aromatic carbocycles. The van der Waals surface area contributed by atoms with E-state index in [4.69, 9.17) is 4.74 Å². The Bertz CT molecular complexity index is 1490. The molecule has 0 bridgehead atoms. The maximum absolute atomic E-state index is 5.78. The van der Waals surface area contributed by atoms with Crippen LogP contribution >= 0.6 is 0 Å². The molecule has 0 atom stereocenters. The van der Waals surface area contributed by atoms with Crippen LogP contribution in [0.25, 0.3) is 32.3 Å². The Morgan fingerprint density at radius 3 is 1.66 bits per heavy atom. The first-order valence-corrected chi connectivity index (χ1v) is 11.0. The van der Waals surface area contributed by atoms with Gasteiger partial charge in [-0.2, -0.15) is 0 Å². The Labute approximate surface area is 187 Å². The van der Waals surface area contributed by atoms with Crippen molar-refractivity contribution < 1.29 is 4.74 Å². The molecule has 0 spiro atoms. The molecule has 0 radical (unpaired) electrons. The average Bonchev–Trinajstić information content (AvgIpc) is 2.86. The molecule has 1 heterocycles. The minimum absolute atomic E-state index is 0.979. The Morgan fingerprint density at radius 1 is 0.406 bits per heavy atom. The number of benzene rings is 6. The zero-order valence-electron chi connectivity index (χ0n) is 17.7. The third-order valence-electron chi connectivity index (χ3n) is 6.16. The van der Waals surface area contributed by atoms with Crippen molar-refractivity contribution in [3.05, 3.63) is 132 Å². The van der Waals surface area contributed by atoms with Gasteiger partial charge in [0.2, 0.25) is 0 Å². The van der Waals surface area contributed by atoms with Gasteiger partial charge in [-0.3, -0.25) is 0 Å². The van der Waals surface area contributed by atoms with Crippen molar-refractivity contribution in [2.75, 3.05) is 0 Å². The van der Waals surface area contributed by atoms with E-state index in [9.17, 15) is 0 Å². The molecule has 0 amide bonds. The first-order valence-electron chi connectivity index (χ1n) is 11.0. The van der Waals surface area contributed by atoms with E-state index in [0.29, 0.717) is 0 Å². The van der Waals surface area contributed by atoms with Crippen LogP contribution in [-0.4, -0.2) is 0 Å². The highest BCUT2D eigenvalue weighted by Crippen LogP contribution is 2.35. The summed E-state index contributed by atoms with van der Waals surface area (Å²) in [4.78, 5) is 0. The summed E-state index contributed by atoms with van der Waals surface area (Å²) in [6, 6.07) is 42.5. The molecule has 0 saturated heterocycles. The van der Waals surface area contributed by atoms with E-state index in [1.807, 2.05) is 24.3 Å². The molecule has 6 aromatic rings. The molecule has 0 fully saturated rings. The fourth-order valence-corrected chi connectivity index (χ4v) is 4.52. The average molecular weight is 411 g/mol. The van der Waals surface area contributed by atoms with Gasteiger partial charge in [-0.1, -0.05) is 97.1 Å². The lowest BCUT2D eigenvalue weighted by atomic mass is 9.98. The van der Waals surface area contributed by atoms with Crippen LogP contribution < -0.4 is 4.74 Å². The Hall–Kier alpha value is -4.10. The first kappa shape index (κ1) is 18.7. The maximum atomic E-state index is 5.78. The summed E-state index contributed by atoms with van der Waals surface area (Å²) in [6.45, 7) is 0. The number of ether oxygens (including phenoxy) is 1. The number of fused-ring (bicyclic) bond motifs is 6. The fraction of sp³-hybridized carbons (Fsp3) is 0.0323. The molecule has 152 valence electrons. The minimum atomic E-state index is 0.979. The standard InChI is InChI=1S/C18H12.C13H10O/c1-2-7-15-12-18-16(11-14(15)6-1)10-9-13-5-3-4-8-17(13)18;1-3-7-12-10(5-1)9-11-6-2-4-8-13(11)14-12/h1-12H;1-8H,9H2. The molecule has 1 aliphatic rings. The molecule has 0 N–H and O–H groups in total. The SMILES string of the molecule is c1ccc2c(c1)Cc1ccccc1O2.c1ccc2cc3c(ccc4ccccc43)cc2c1. The van der Waals surface area contributed by atoms with Crippen molar-refractivity contribution in [2.45, 2.75) is 6.42 Å². The molecule has 1 nitrogen and oxygen atoms in total. The molecule has 0 unspecified atom stereocenters. The van der Waals surface area contributed by atoms with Crippen LogP contribution in [0.3, 0.4) is 0 Å². The van der Waals surface area contributed by atoms with E-state index in [-0.39, 0.29) is 0 Å². The second-order valence-electron chi connectivity index (χ2n) is 8.20. The summed E-state index contributed by atoms with van der Waals surface area (Å²) in [7, 11) is 0. The van der Waals surface area contributed by atoms with Crippen LogP contribution in [-0.2, 0) is 6.42 Å². The summed E-state index contributed by atoms with van der Waals surface area (Å²) >= 11 is 0. The lowest BCUT2D eigenvalue weighted by Gasteiger charge is -2.19. The van der Waals surface area contributed by atoms with Crippen LogP contribution in [0.15, 0.2) is 121 Å². The molecule has 32 heavy (non-hydrogen) atoms. The van der Waals surface area contributed by atoms with E-state index < -0.39 is 0 Å². The van der Waals surface area contributed by atoms with Gasteiger partial charge in [0.15, 0.2) is 0 Å². The molecule has 7 rings (SSSR count). The molecular weight excluding hydrogens is 388 g/mol. The third kappa shape index (κ3) is 3.38. The van der Waals surface area contributed by atoms with Gasteiger partial charge in [0.05, 0.1) is 0 Å². The predicted molar refractivity (Wildman–Crippen MR) is 135 cm³/mol. The van der Waals surface area contributed by atoms with Gasteiger partial charge in [-0.15, -0.1) is 0 Å². The second kappa shape index (κ2) is 7.86. The quantitative estimate of drug-likeness (QED) is 0.180. The van der Waals surface area contributed by atoms with Gasteiger partial charge >= 0.3 is 0 Å². The molecule has 1 heteroatoms. The van der Waals surface area contributed by atoms with E-state index in [2.05, 4.69) is 97.1 Å². The summed E-state index contributed by atoms with van der Waals surface area (Å²) < 4.78 is 5.78. The minimum Gasteiger partial charge on any atom is -0.457 e. The van der Waals surface area contributed by atoms with Crippen LogP contribution in [0.2, 0.25) is 0 Å². The molecular formula is C31H22O. The number of hydrogen-bond donors (Lipinski definition) is 0. The third-order valence-corrected chi connectivity index (χ3v) is 6.16. The van der Waals surface area contributed by atoms with Crippen molar-refractivity contribution in [3.8, 4) is 11.5 Å². The summed E-state index contributed by atoms with van der Waals surface area (Å²) in [5.74, 6) is 1.98. The smallest absolute Gasteiger partial charge is 0.130 e. The van der Waals surface area contributed by atoms with Crippen molar-refractivity contribution >= 4 is 32.3 Å². The lowest BCUT2D eigenvalue weighted by Crippen LogP contribution is -2.01. The van der Waals surface area contributed by atoms with Gasteiger partial charge < -0.3 is 4.74 Å². The highest BCUT2D eigenvalue weighted by Gasteiger charge is 2.14. The van der Waals surface area contributed by atoms with Gasteiger partial charge in [0.25, 0.3) is 0 Å².